The van der Waals surface area contributed by atoms with Crippen LogP contribution in [0.15, 0.2) is 29.2 Å². The molecule has 0 unspecified atom stereocenters. The van der Waals surface area contributed by atoms with Crippen molar-refractivity contribution in [3.05, 3.63) is 29.8 Å². The molecule has 132 valence electrons. The Morgan fingerprint density at radius 2 is 1.83 bits per heavy atom. The lowest BCUT2D eigenvalue weighted by Gasteiger charge is -2.41. The fraction of sp³-hybridized carbons (Fsp3) is 0.529. The van der Waals surface area contributed by atoms with Crippen molar-refractivity contribution in [2.24, 2.45) is 0 Å². The lowest BCUT2D eigenvalue weighted by Crippen LogP contribution is -2.56. The van der Waals surface area contributed by atoms with E-state index in [9.17, 15) is 23.1 Å². The number of nitrogens with zero attached hydrogens (tertiary/aromatic N) is 1. The average molecular weight is 353 g/mol. The number of amides is 1. The summed E-state index contributed by atoms with van der Waals surface area (Å²) in [6, 6.07) is 5.81. The van der Waals surface area contributed by atoms with Gasteiger partial charge in [0.05, 0.1) is 10.6 Å². The molecule has 2 rings (SSSR count). The van der Waals surface area contributed by atoms with Crippen LogP contribution in [0.25, 0.3) is 0 Å². The van der Waals surface area contributed by atoms with Gasteiger partial charge in [-0.15, -0.1) is 0 Å². The summed E-state index contributed by atoms with van der Waals surface area (Å²) in [7, 11) is -1.93. The lowest BCUT2D eigenvalue weighted by molar-refractivity contribution is -0.151. The van der Waals surface area contributed by atoms with E-state index in [2.05, 4.69) is 0 Å². The monoisotopic (exact) mass is 353 g/mol. The third-order valence-electron chi connectivity index (χ3n) is 4.85. The summed E-state index contributed by atoms with van der Waals surface area (Å²) in [5.74, 6) is -1.53. The molecule has 0 aromatic heterocycles. The van der Waals surface area contributed by atoms with Gasteiger partial charge >= 0.3 is 5.97 Å². The molecule has 1 aromatic rings. The summed E-state index contributed by atoms with van der Waals surface area (Å²) in [5.41, 5.74) is -1.02. The van der Waals surface area contributed by atoms with Crippen LogP contribution in [-0.4, -0.2) is 48.6 Å². The lowest BCUT2D eigenvalue weighted by atomic mass is 9.80. The van der Waals surface area contributed by atoms with E-state index in [0.717, 1.165) is 19.3 Å². The van der Waals surface area contributed by atoms with Crippen LogP contribution in [0, 0.1) is 0 Å². The number of carbonyl (C=O) groups excluding carboxylic acids is 1. The number of carbonyl (C=O) groups is 2. The molecule has 1 aliphatic carbocycles. The van der Waals surface area contributed by atoms with E-state index in [-0.39, 0.29) is 16.2 Å². The van der Waals surface area contributed by atoms with Gasteiger partial charge in [0.2, 0.25) is 0 Å². The van der Waals surface area contributed by atoms with Gasteiger partial charge in [0.25, 0.3) is 5.91 Å². The number of carboxylic acid groups (broad SMARTS) is 1. The molecule has 1 fully saturated rings. The SMILES string of the molecule is CCS(=O)(=O)c1cccc(C(=O)N(C)C2(C(=O)O)CCCCC2)c1. The van der Waals surface area contributed by atoms with Crippen molar-refractivity contribution in [2.45, 2.75) is 49.5 Å². The van der Waals surface area contributed by atoms with Gasteiger partial charge in [-0.3, -0.25) is 4.79 Å². The Hall–Kier alpha value is -1.89. The van der Waals surface area contributed by atoms with Crippen molar-refractivity contribution in [3.8, 4) is 0 Å². The van der Waals surface area contributed by atoms with Gasteiger partial charge in [-0.2, -0.15) is 0 Å². The number of carboxylic acids is 1. The highest BCUT2D eigenvalue weighted by atomic mass is 32.2. The zero-order valence-corrected chi connectivity index (χ0v) is 14.8. The van der Waals surface area contributed by atoms with Gasteiger partial charge < -0.3 is 10.0 Å². The predicted molar refractivity (Wildman–Crippen MR) is 89.7 cm³/mol. The molecule has 1 aromatic carbocycles. The quantitative estimate of drug-likeness (QED) is 0.877. The van der Waals surface area contributed by atoms with E-state index >= 15 is 0 Å². The second-order valence-corrected chi connectivity index (χ2v) is 8.47. The van der Waals surface area contributed by atoms with Gasteiger partial charge in [-0.1, -0.05) is 32.3 Å². The second-order valence-electron chi connectivity index (χ2n) is 6.19. The van der Waals surface area contributed by atoms with E-state index in [1.807, 2.05) is 0 Å². The molecule has 1 aliphatic rings. The van der Waals surface area contributed by atoms with Gasteiger partial charge in [0, 0.05) is 12.6 Å². The summed E-state index contributed by atoms with van der Waals surface area (Å²) in [6.45, 7) is 1.54. The van der Waals surface area contributed by atoms with Crippen LogP contribution in [0.5, 0.6) is 0 Å². The summed E-state index contributed by atoms with van der Waals surface area (Å²) in [6.07, 6.45) is 3.30. The van der Waals surface area contributed by atoms with Crippen molar-refractivity contribution in [3.63, 3.8) is 0 Å². The Kier molecular flexibility index (Phi) is 5.32. The first-order valence-electron chi connectivity index (χ1n) is 8.09. The molecular weight excluding hydrogens is 330 g/mol. The second kappa shape index (κ2) is 6.93. The summed E-state index contributed by atoms with van der Waals surface area (Å²) in [5, 5.41) is 9.69. The predicted octanol–water partition coefficient (Wildman–Crippen LogP) is 2.34. The van der Waals surface area contributed by atoms with Crippen LogP contribution in [0.4, 0.5) is 0 Å². The highest BCUT2D eigenvalue weighted by molar-refractivity contribution is 7.91. The van der Waals surface area contributed by atoms with Gasteiger partial charge in [-0.25, -0.2) is 13.2 Å². The van der Waals surface area contributed by atoms with Gasteiger partial charge in [0.15, 0.2) is 9.84 Å². The number of sulfone groups is 1. The first kappa shape index (κ1) is 18.4. The molecule has 1 amide bonds. The van der Waals surface area contributed by atoms with Crippen LogP contribution in [0.3, 0.4) is 0 Å². The van der Waals surface area contributed by atoms with E-state index < -0.39 is 27.3 Å². The van der Waals surface area contributed by atoms with E-state index in [1.54, 1.807) is 0 Å². The Balaban J connectivity index is 2.37. The molecule has 0 heterocycles. The molecule has 0 spiro atoms. The van der Waals surface area contributed by atoms with Crippen molar-refractivity contribution in [1.29, 1.82) is 0 Å². The first-order valence-corrected chi connectivity index (χ1v) is 9.74. The fourth-order valence-corrected chi connectivity index (χ4v) is 4.13. The number of benzene rings is 1. The number of hydrogen-bond acceptors (Lipinski definition) is 4. The number of aliphatic carboxylic acids is 1. The van der Waals surface area contributed by atoms with E-state index in [4.69, 9.17) is 0 Å². The van der Waals surface area contributed by atoms with Crippen molar-refractivity contribution < 1.29 is 23.1 Å². The summed E-state index contributed by atoms with van der Waals surface area (Å²) in [4.78, 5) is 26.0. The Bertz CT molecular complexity index is 735. The van der Waals surface area contributed by atoms with Crippen molar-refractivity contribution >= 4 is 21.7 Å². The van der Waals surface area contributed by atoms with E-state index in [1.165, 1.54) is 43.1 Å². The van der Waals surface area contributed by atoms with Crippen LogP contribution in [0.2, 0.25) is 0 Å². The van der Waals surface area contributed by atoms with Crippen molar-refractivity contribution in [1.82, 2.24) is 4.90 Å². The topological polar surface area (TPSA) is 91.8 Å². The summed E-state index contributed by atoms with van der Waals surface area (Å²) < 4.78 is 24.0. The van der Waals surface area contributed by atoms with Crippen LogP contribution in [0.1, 0.15) is 49.4 Å². The third-order valence-corrected chi connectivity index (χ3v) is 6.58. The Labute approximate surface area is 142 Å². The highest BCUT2D eigenvalue weighted by Crippen LogP contribution is 2.34. The molecule has 0 aliphatic heterocycles. The van der Waals surface area contributed by atoms with Gasteiger partial charge in [-0.05, 0) is 31.0 Å². The minimum Gasteiger partial charge on any atom is -0.479 e. The normalized spacial score (nSPS) is 17.2. The minimum atomic E-state index is -3.42. The molecule has 24 heavy (non-hydrogen) atoms. The first-order chi connectivity index (χ1) is 11.2. The number of rotatable bonds is 5. The standard InChI is InChI=1S/C17H23NO5S/c1-3-24(22,23)14-9-7-8-13(12-14)15(19)18(2)17(16(20)21)10-5-4-6-11-17/h7-9,12H,3-6,10-11H2,1-2H3,(H,20,21). The highest BCUT2D eigenvalue weighted by Gasteiger charge is 2.45. The average Bonchev–Trinajstić information content (AvgIpc) is 2.61. The van der Waals surface area contributed by atoms with Crippen molar-refractivity contribution in [2.75, 3.05) is 12.8 Å². The molecule has 7 heteroatoms. The number of hydrogen-bond donors (Lipinski definition) is 1. The summed E-state index contributed by atoms with van der Waals surface area (Å²) >= 11 is 0. The molecule has 0 atom stereocenters. The van der Waals surface area contributed by atoms with Crippen LogP contribution in [-0.2, 0) is 14.6 Å². The maximum atomic E-state index is 12.8. The Morgan fingerprint density at radius 3 is 2.38 bits per heavy atom. The molecule has 6 nitrogen and oxygen atoms in total. The molecule has 1 saturated carbocycles. The molecule has 0 radical (unpaired) electrons. The third kappa shape index (κ3) is 3.31. The maximum Gasteiger partial charge on any atom is 0.329 e. The zero-order chi connectivity index (χ0) is 18.0. The van der Waals surface area contributed by atoms with Gasteiger partial charge in [0.1, 0.15) is 5.54 Å². The number of likely N-dealkylation sites (N-methyl/N-ethyl adjacent to an activating group) is 1. The minimum absolute atomic E-state index is 0.0560. The fourth-order valence-electron chi connectivity index (χ4n) is 3.21. The largest absolute Gasteiger partial charge is 0.479 e. The van der Waals surface area contributed by atoms with E-state index in [0.29, 0.717) is 12.8 Å². The molecule has 0 saturated heterocycles. The molecule has 0 bridgehead atoms. The maximum absolute atomic E-state index is 12.8. The smallest absolute Gasteiger partial charge is 0.329 e. The molecular formula is C17H23NO5S. The zero-order valence-electron chi connectivity index (χ0n) is 14.0. The Morgan fingerprint density at radius 1 is 1.21 bits per heavy atom. The van der Waals surface area contributed by atoms with Crippen LogP contribution >= 0.6 is 0 Å². The van der Waals surface area contributed by atoms with Crippen LogP contribution < -0.4 is 0 Å². The molecule has 1 N–H and O–H groups in total.